The number of rotatable bonds is 6. The summed E-state index contributed by atoms with van der Waals surface area (Å²) < 4.78 is 5.29. The van der Waals surface area contributed by atoms with E-state index in [1.54, 1.807) is 48.2 Å². The van der Waals surface area contributed by atoms with Crippen LogP contribution in [0.25, 0.3) is 6.08 Å². The van der Waals surface area contributed by atoms with Gasteiger partial charge in [0.15, 0.2) is 0 Å². The molecule has 1 heterocycles. The van der Waals surface area contributed by atoms with Crippen molar-refractivity contribution in [1.29, 1.82) is 5.26 Å². The number of hydrogen-bond donors (Lipinski definition) is 0. The van der Waals surface area contributed by atoms with Gasteiger partial charge >= 0.3 is 5.97 Å². The number of ether oxygens (including phenoxy) is 1. The van der Waals surface area contributed by atoms with E-state index in [0.717, 1.165) is 5.56 Å². The Kier molecular flexibility index (Phi) is 7.82. The van der Waals surface area contributed by atoms with Crippen molar-refractivity contribution in [2.24, 2.45) is 0 Å². The van der Waals surface area contributed by atoms with E-state index in [2.05, 4.69) is 6.07 Å². The third kappa shape index (κ3) is 5.72. The van der Waals surface area contributed by atoms with Crippen molar-refractivity contribution in [3.63, 3.8) is 0 Å². The van der Waals surface area contributed by atoms with Crippen molar-refractivity contribution in [2.45, 2.75) is 13.0 Å². The van der Waals surface area contributed by atoms with Gasteiger partial charge in [-0.3, -0.25) is 9.69 Å². The van der Waals surface area contributed by atoms with Gasteiger partial charge in [0.1, 0.15) is 6.04 Å². The number of nitriles is 1. The molecule has 0 aliphatic carbocycles. The fourth-order valence-electron chi connectivity index (χ4n) is 3.57. The predicted molar refractivity (Wildman–Crippen MR) is 119 cm³/mol. The number of carbonyl (C=O) groups is 2. The fraction of sp³-hybridized carbons (Fsp3) is 0.292. The van der Waals surface area contributed by atoms with E-state index >= 15 is 0 Å². The van der Waals surface area contributed by atoms with Crippen LogP contribution < -0.4 is 0 Å². The highest BCUT2D eigenvalue weighted by Crippen LogP contribution is 2.25. The molecule has 1 aliphatic rings. The molecule has 6 nitrogen and oxygen atoms in total. The van der Waals surface area contributed by atoms with Crippen LogP contribution in [0.2, 0.25) is 5.02 Å². The van der Waals surface area contributed by atoms with Gasteiger partial charge in [-0.15, -0.1) is 0 Å². The second-order valence-electron chi connectivity index (χ2n) is 7.10. The molecule has 0 radical (unpaired) electrons. The zero-order chi connectivity index (χ0) is 22.2. The molecule has 0 N–H and O–H groups in total. The Bertz CT molecular complexity index is 990. The maximum atomic E-state index is 12.6. The lowest BCUT2D eigenvalue weighted by atomic mass is 10.0. The van der Waals surface area contributed by atoms with Crippen LogP contribution in [0.1, 0.15) is 29.7 Å². The van der Waals surface area contributed by atoms with E-state index in [9.17, 15) is 14.9 Å². The van der Waals surface area contributed by atoms with Crippen LogP contribution in [0.3, 0.4) is 0 Å². The van der Waals surface area contributed by atoms with Gasteiger partial charge in [-0.2, -0.15) is 5.26 Å². The summed E-state index contributed by atoms with van der Waals surface area (Å²) in [7, 11) is 0. The molecular formula is C24H24ClN3O3. The summed E-state index contributed by atoms with van der Waals surface area (Å²) in [4.78, 5) is 29.0. The zero-order valence-electron chi connectivity index (χ0n) is 17.3. The molecule has 1 fully saturated rings. The van der Waals surface area contributed by atoms with Crippen molar-refractivity contribution in [1.82, 2.24) is 9.80 Å². The van der Waals surface area contributed by atoms with Gasteiger partial charge in [-0.1, -0.05) is 41.9 Å². The maximum absolute atomic E-state index is 12.6. The summed E-state index contributed by atoms with van der Waals surface area (Å²) in [5.41, 5.74) is 2.05. The van der Waals surface area contributed by atoms with E-state index in [1.807, 2.05) is 23.1 Å². The van der Waals surface area contributed by atoms with Gasteiger partial charge in [0.2, 0.25) is 5.91 Å². The summed E-state index contributed by atoms with van der Waals surface area (Å²) in [6.45, 7) is 4.15. The third-order valence-electron chi connectivity index (χ3n) is 5.17. The zero-order valence-corrected chi connectivity index (χ0v) is 18.1. The van der Waals surface area contributed by atoms with E-state index in [1.165, 1.54) is 6.08 Å². The van der Waals surface area contributed by atoms with Crippen molar-refractivity contribution in [3.05, 3.63) is 76.3 Å². The minimum Gasteiger partial charge on any atom is -0.465 e. The van der Waals surface area contributed by atoms with Gasteiger partial charge in [-0.05, 0) is 42.3 Å². The van der Waals surface area contributed by atoms with Crippen molar-refractivity contribution >= 4 is 29.6 Å². The molecule has 0 saturated carbocycles. The molecule has 7 heteroatoms. The largest absolute Gasteiger partial charge is 0.465 e. The van der Waals surface area contributed by atoms with Crippen molar-refractivity contribution < 1.29 is 14.3 Å². The molecule has 1 aliphatic heterocycles. The molecule has 0 aromatic heterocycles. The van der Waals surface area contributed by atoms with Crippen LogP contribution in [0, 0.1) is 11.3 Å². The number of carbonyl (C=O) groups excluding carboxylic acids is 2. The highest BCUT2D eigenvalue weighted by Gasteiger charge is 2.32. The average Bonchev–Trinajstić information content (AvgIpc) is 2.79. The Balaban J connectivity index is 1.66. The Morgan fingerprint density at radius 3 is 2.45 bits per heavy atom. The van der Waals surface area contributed by atoms with E-state index in [-0.39, 0.29) is 11.9 Å². The maximum Gasteiger partial charge on any atom is 0.328 e. The van der Waals surface area contributed by atoms with Gasteiger partial charge in [0.05, 0.1) is 18.2 Å². The fourth-order valence-corrected chi connectivity index (χ4v) is 3.70. The van der Waals surface area contributed by atoms with Crippen molar-refractivity contribution in [3.8, 4) is 6.07 Å². The molecule has 0 bridgehead atoms. The number of amides is 1. The topological polar surface area (TPSA) is 73.6 Å². The summed E-state index contributed by atoms with van der Waals surface area (Å²) >= 11 is 5.99. The smallest absolute Gasteiger partial charge is 0.328 e. The van der Waals surface area contributed by atoms with Crippen LogP contribution in [0.15, 0.2) is 54.6 Å². The number of nitrogens with zero attached hydrogens (tertiary/aromatic N) is 3. The summed E-state index contributed by atoms with van der Waals surface area (Å²) in [6, 6.07) is 15.9. The molecule has 0 spiro atoms. The summed E-state index contributed by atoms with van der Waals surface area (Å²) in [5.74, 6) is -0.427. The lowest BCUT2D eigenvalue weighted by Crippen LogP contribution is -2.50. The first kappa shape index (κ1) is 22.5. The molecule has 160 valence electrons. The number of hydrogen-bond acceptors (Lipinski definition) is 5. The number of benzene rings is 2. The SMILES string of the molecule is CCOC(=O)C(c1ccc(Cl)cc1)N1CCN(C(=O)C=Cc2ccccc2C#N)CC1. The van der Waals surface area contributed by atoms with Gasteiger partial charge in [0.25, 0.3) is 0 Å². The molecule has 2 aromatic carbocycles. The molecule has 1 amide bonds. The number of halogens is 1. The lowest BCUT2D eigenvalue weighted by Gasteiger charge is -2.38. The highest BCUT2D eigenvalue weighted by molar-refractivity contribution is 6.30. The first-order valence-corrected chi connectivity index (χ1v) is 10.5. The monoisotopic (exact) mass is 437 g/mol. The van der Waals surface area contributed by atoms with Crippen LogP contribution in [0.5, 0.6) is 0 Å². The van der Waals surface area contributed by atoms with Crippen molar-refractivity contribution in [2.75, 3.05) is 32.8 Å². The lowest BCUT2D eigenvalue weighted by molar-refractivity contribution is -0.151. The third-order valence-corrected chi connectivity index (χ3v) is 5.43. The molecule has 31 heavy (non-hydrogen) atoms. The van der Waals surface area contributed by atoms with Gasteiger partial charge in [0, 0.05) is 37.3 Å². The number of esters is 1. The molecule has 1 unspecified atom stereocenters. The predicted octanol–water partition coefficient (Wildman–Crippen LogP) is 3.67. The number of piperazine rings is 1. The molecule has 3 rings (SSSR count). The molecule has 1 atom stereocenters. The molecular weight excluding hydrogens is 414 g/mol. The Labute approximate surface area is 187 Å². The quantitative estimate of drug-likeness (QED) is 0.509. The first-order valence-electron chi connectivity index (χ1n) is 10.2. The van der Waals surface area contributed by atoms with E-state index < -0.39 is 6.04 Å². The highest BCUT2D eigenvalue weighted by atomic mass is 35.5. The molecule has 1 saturated heterocycles. The Hall–Kier alpha value is -3.14. The second kappa shape index (κ2) is 10.8. The first-order chi connectivity index (χ1) is 15.0. The Morgan fingerprint density at radius 1 is 1.13 bits per heavy atom. The van der Waals surface area contributed by atoms with E-state index in [4.69, 9.17) is 16.3 Å². The second-order valence-corrected chi connectivity index (χ2v) is 7.54. The summed E-state index contributed by atoms with van der Waals surface area (Å²) in [6.07, 6.45) is 3.16. The van der Waals surface area contributed by atoms with Crippen LogP contribution in [0.4, 0.5) is 0 Å². The Morgan fingerprint density at radius 2 is 1.81 bits per heavy atom. The minimum absolute atomic E-state index is 0.119. The average molecular weight is 438 g/mol. The van der Waals surface area contributed by atoms with Gasteiger partial charge in [-0.25, -0.2) is 4.79 Å². The van der Waals surface area contributed by atoms with Crippen LogP contribution >= 0.6 is 11.6 Å². The summed E-state index contributed by atoms with van der Waals surface area (Å²) in [5, 5.41) is 9.78. The minimum atomic E-state index is -0.535. The van der Waals surface area contributed by atoms with Crippen LogP contribution in [-0.2, 0) is 14.3 Å². The van der Waals surface area contributed by atoms with Crippen LogP contribution in [-0.4, -0.2) is 54.5 Å². The normalized spacial score (nSPS) is 15.5. The van der Waals surface area contributed by atoms with E-state index in [0.29, 0.717) is 48.9 Å². The van der Waals surface area contributed by atoms with Gasteiger partial charge < -0.3 is 9.64 Å². The molecule has 2 aromatic rings. The standard InChI is InChI=1S/C24H24ClN3O3/c1-2-31-24(30)23(19-7-10-21(25)11-8-19)28-15-13-27(14-16-28)22(29)12-9-18-5-3-4-6-20(18)17-26/h3-12,23H,2,13-16H2,1H3.